The summed E-state index contributed by atoms with van der Waals surface area (Å²) in [7, 11) is 0. The van der Waals surface area contributed by atoms with E-state index in [1.807, 2.05) is 0 Å². The van der Waals surface area contributed by atoms with E-state index in [0.717, 1.165) is 12.1 Å². The topological polar surface area (TPSA) is 46.5 Å². The molecule has 14 heavy (non-hydrogen) atoms. The van der Waals surface area contributed by atoms with E-state index in [-0.39, 0.29) is 11.3 Å². The van der Waals surface area contributed by atoms with Crippen LogP contribution in [0.1, 0.15) is 17.3 Å². The molecule has 0 fully saturated rings. The molecular formula is C9H8BrFO3. The molecule has 0 aliphatic rings. The zero-order valence-corrected chi connectivity index (χ0v) is 8.97. The highest BCUT2D eigenvalue weighted by Crippen LogP contribution is 2.30. The van der Waals surface area contributed by atoms with Crippen LogP contribution >= 0.6 is 15.9 Å². The van der Waals surface area contributed by atoms with Crippen molar-refractivity contribution in [2.75, 3.05) is 6.61 Å². The minimum atomic E-state index is -1.21. The highest BCUT2D eigenvalue weighted by Gasteiger charge is 2.16. The number of rotatable bonds is 3. The maximum absolute atomic E-state index is 12.9. The van der Waals surface area contributed by atoms with Crippen molar-refractivity contribution in [3.63, 3.8) is 0 Å². The van der Waals surface area contributed by atoms with E-state index >= 15 is 0 Å². The Labute approximate surface area is 88.6 Å². The largest absolute Gasteiger partial charge is 0.492 e. The molecule has 0 saturated heterocycles. The van der Waals surface area contributed by atoms with Crippen molar-refractivity contribution < 1.29 is 19.0 Å². The molecule has 0 spiro atoms. The van der Waals surface area contributed by atoms with Crippen molar-refractivity contribution in [1.29, 1.82) is 0 Å². The number of halogens is 2. The first kappa shape index (κ1) is 11.0. The normalized spacial score (nSPS) is 9.93. The molecule has 1 rings (SSSR count). The molecule has 1 aromatic carbocycles. The van der Waals surface area contributed by atoms with Gasteiger partial charge in [0.2, 0.25) is 0 Å². The van der Waals surface area contributed by atoms with Crippen LogP contribution in [-0.4, -0.2) is 17.7 Å². The smallest absolute Gasteiger partial charge is 0.339 e. The second kappa shape index (κ2) is 4.41. The van der Waals surface area contributed by atoms with Crippen molar-refractivity contribution in [2.24, 2.45) is 0 Å². The van der Waals surface area contributed by atoms with Crippen molar-refractivity contribution in [1.82, 2.24) is 0 Å². The third-order valence-corrected chi connectivity index (χ3v) is 2.12. The van der Waals surface area contributed by atoms with E-state index in [4.69, 9.17) is 9.84 Å². The molecule has 0 aliphatic carbocycles. The van der Waals surface area contributed by atoms with Gasteiger partial charge in [0.1, 0.15) is 17.1 Å². The molecule has 0 heterocycles. The van der Waals surface area contributed by atoms with Crippen LogP contribution in [0.5, 0.6) is 5.75 Å². The minimum Gasteiger partial charge on any atom is -0.492 e. The summed E-state index contributed by atoms with van der Waals surface area (Å²) in [5.74, 6) is -1.67. The minimum absolute atomic E-state index is 0.154. The van der Waals surface area contributed by atoms with Gasteiger partial charge in [-0.05, 0) is 35.0 Å². The van der Waals surface area contributed by atoms with E-state index in [9.17, 15) is 9.18 Å². The summed E-state index contributed by atoms with van der Waals surface area (Å²) in [4.78, 5) is 10.7. The number of aromatic carboxylic acids is 1. The number of carbonyl (C=O) groups is 1. The van der Waals surface area contributed by atoms with Crippen LogP contribution in [0.2, 0.25) is 0 Å². The van der Waals surface area contributed by atoms with Gasteiger partial charge in [-0.15, -0.1) is 0 Å². The van der Waals surface area contributed by atoms with E-state index in [2.05, 4.69) is 15.9 Å². The Bertz CT molecular complexity index is 365. The fourth-order valence-corrected chi connectivity index (χ4v) is 1.56. The Morgan fingerprint density at radius 1 is 1.64 bits per heavy atom. The average Bonchev–Trinajstić information content (AvgIpc) is 2.09. The Morgan fingerprint density at radius 3 is 2.79 bits per heavy atom. The molecule has 0 aromatic heterocycles. The SMILES string of the molecule is CCOc1c(Br)cc(F)cc1C(=O)O. The first-order valence-corrected chi connectivity index (χ1v) is 4.70. The molecule has 1 N–H and O–H groups in total. The molecule has 0 bridgehead atoms. The van der Waals surface area contributed by atoms with Gasteiger partial charge in [-0.25, -0.2) is 9.18 Å². The zero-order chi connectivity index (χ0) is 10.7. The van der Waals surface area contributed by atoms with Gasteiger partial charge in [-0.1, -0.05) is 0 Å². The molecule has 76 valence electrons. The van der Waals surface area contributed by atoms with Gasteiger partial charge in [0, 0.05) is 0 Å². The Balaban J connectivity index is 3.28. The van der Waals surface area contributed by atoms with Gasteiger partial charge >= 0.3 is 5.97 Å². The molecule has 5 heteroatoms. The van der Waals surface area contributed by atoms with E-state index in [1.54, 1.807) is 6.92 Å². The van der Waals surface area contributed by atoms with Crippen LogP contribution in [-0.2, 0) is 0 Å². The molecule has 0 radical (unpaired) electrons. The van der Waals surface area contributed by atoms with Crippen molar-refractivity contribution in [3.05, 3.63) is 28.0 Å². The first-order chi connectivity index (χ1) is 6.56. The van der Waals surface area contributed by atoms with Crippen LogP contribution in [0, 0.1) is 5.82 Å². The monoisotopic (exact) mass is 262 g/mol. The third-order valence-electron chi connectivity index (χ3n) is 1.53. The molecule has 3 nitrogen and oxygen atoms in total. The van der Waals surface area contributed by atoms with Gasteiger partial charge in [0.15, 0.2) is 0 Å². The van der Waals surface area contributed by atoms with Gasteiger partial charge in [-0.3, -0.25) is 0 Å². The van der Waals surface area contributed by atoms with E-state index < -0.39 is 11.8 Å². The number of benzene rings is 1. The Hall–Kier alpha value is -1.10. The predicted molar refractivity (Wildman–Crippen MR) is 52.2 cm³/mol. The average molecular weight is 263 g/mol. The number of carboxylic acid groups (broad SMARTS) is 1. The van der Waals surface area contributed by atoms with Gasteiger partial charge in [0.25, 0.3) is 0 Å². The molecular weight excluding hydrogens is 255 g/mol. The van der Waals surface area contributed by atoms with Crippen LogP contribution < -0.4 is 4.74 Å². The fourth-order valence-electron chi connectivity index (χ4n) is 1.01. The fraction of sp³-hybridized carbons (Fsp3) is 0.222. The molecule has 0 unspecified atom stereocenters. The molecule has 1 aromatic rings. The number of ether oxygens (including phenoxy) is 1. The van der Waals surface area contributed by atoms with Crippen molar-refractivity contribution in [2.45, 2.75) is 6.92 Å². The van der Waals surface area contributed by atoms with Crippen LogP contribution in [0.25, 0.3) is 0 Å². The lowest BCUT2D eigenvalue weighted by molar-refractivity contribution is 0.0691. The second-order valence-electron chi connectivity index (χ2n) is 2.50. The number of hydrogen-bond donors (Lipinski definition) is 1. The molecule has 0 saturated carbocycles. The summed E-state index contributed by atoms with van der Waals surface area (Å²) in [6.45, 7) is 2.05. The van der Waals surface area contributed by atoms with E-state index in [1.165, 1.54) is 0 Å². The Morgan fingerprint density at radius 2 is 2.29 bits per heavy atom. The molecule has 0 atom stereocenters. The molecule has 0 amide bonds. The standard InChI is InChI=1S/C9H8BrFO3/c1-2-14-8-6(9(12)13)3-5(11)4-7(8)10/h3-4H,2H2,1H3,(H,12,13). The lowest BCUT2D eigenvalue weighted by Crippen LogP contribution is -2.04. The Kier molecular flexibility index (Phi) is 3.46. The summed E-state index contributed by atoms with van der Waals surface area (Å²) in [6, 6.07) is 2.09. The van der Waals surface area contributed by atoms with Crippen LogP contribution in [0.15, 0.2) is 16.6 Å². The van der Waals surface area contributed by atoms with E-state index in [0.29, 0.717) is 11.1 Å². The zero-order valence-electron chi connectivity index (χ0n) is 7.38. The number of carboxylic acids is 1. The third kappa shape index (κ3) is 2.23. The maximum atomic E-state index is 12.9. The first-order valence-electron chi connectivity index (χ1n) is 3.91. The summed E-state index contributed by atoms with van der Waals surface area (Å²) in [6.07, 6.45) is 0. The highest BCUT2D eigenvalue weighted by molar-refractivity contribution is 9.10. The van der Waals surface area contributed by atoms with Gasteiger partial charge < -0.3 is 9.84 Å². The quantitative estimate of drug-likeness (QED) is 0.911. The summed E-state index contributed by atoms with van der Waals surface area (Å²) >= 11 is 3.04. The van der Waals surface area contributed by atoms with Crippen LogP contribution in [0.3, 0.4) is 0 Å². The molecule has 0 aliphatic heterocycles. The second-order valence-corrected chi connectivity index (χ2v) is 3.36. The van der Waals surface area contributed by atoms with Crippen molar-refractivity contribution in [3.8, 4) is 5.75 Å². The summed E-state index contributed by atoms with van der Waals surface area (Å²) in [5, 5.41) is 8.77. The highest BCUT2D eigenvalue weighted by atomic mass is 79.9. The lowest BCUT2D eigenvalue weighted by atomic mass is 10.2. The maximum Gasteiger partial charge on any atom is 0.339 e. The van der Waals surface area contributed by atoms with Crippen LogP contribution in [0.4, 0.5) is 4.39 Å². The number of hydrogen-bond acceptors (Lipinski definition) is 2. The van der Waals surface area contributed by atoms with Crippen molar-refractivity contribution >= 4 is 21.9 Å². The van der Waals surface area contributed by atoms with Gasteiger partial charge in [-0.2, -0.15) is 0 Å². The summed E-state index contributed by atoms with van der Waals surface area (Å²) in [5.41, 5.74) is -0.182. The summed E-state index contributed by atoms with van der Waals surface area (Å²) < 4.78 is 18.3. The van der Waals surface area contributed by atoms with Gasteiger partial charge in [0.05, 0.1) is 11.1 Å². The lowest BCUT2D eigenvalue weighted by Gasteiger charge is -2.09. The predicted octanol–water partition coefficient (Wildman–Crippen LogP) is 2.69.